The standard InChI is InChI=1S/C19H19N3O2S/c1-3-9-22-18(14-8-5-10-25-14)15-16(20-21-17(15)19(22)23)12-6-4-7-13(11-12)24-2/h4-8,10-11,18H,3,9H2,1-2H3,(H,20,21)/t18-/m1/s1. The number of nitrogens with zero attached hydrogens (tertiary/aromatic N) is 2. The minimum Gasteiger partial charge on any atom is -0.497 e. The van der Waals surface area contributed by atoms with Gasteiger partial charge in [-0.05, 0) is 30.0 Å². The Hall–Kier alpha value is -2.60. The Morgan fingerprint density at radius 3 is 2.92 bits per heavy atom. The summed E-state index contributed by atoms with van der Waals surface area (Å²) in [6.45, 7) is 2.81. The number of fused-ring (bicyclic) bond motifs is 1. The third-order valence-electron chi connectivity index (χ3n) is 4.48. The molecule has 1 aliphatic heterocycles. The van der Waals surface area contributed by atoms with Crippen LogP contribution in [0.5, 0.6) is 5.75 Å². The fourth-order valence-electron chi connectivity index (χ4n) is 3.40. The molecule has 128 valence electrons. The van der Waals surface area contributed by atoms with Crippen molar-refractivity contribution in [3.63, 3.8) is 0 Å². The first kappa shape index (κ1) is 15.9. The van der Waals surface area contributed by atoms with Crippen LogP contribution in [0.3, 0.4) is 0 Å². The maximum Gasteiger partial charge on any atom is 0.273 e. The Morgan fingerprint density at radius 1 is 1.32 bits per heavy atom. The van der Waals surface area contributed by atoms with Gasteiger partial charge in [0.25, 0.3) is 5.91 Å². The number of hydrogen-bond acceptors (Lipinski definition) is 4. The number of nitrogens with one attached hydrogen (secondary N) is 1. The fourth-order valence-corrected chi connectivity index (χ4v) is 4.25. The first-order valence-electron chi connectivity index (χ1n) is 8.31. The van der Waals surface area contributed by atoms with Crippen molar-refractivity contribution in [1.29, 1.82) is 0 Å². The highest BCUT2D eigenvalue weighted by Crippen LogP contribution is 2.44. The second-order valence-electron chi connectivity index (χ2n) is 6.01. The lowest BCUT2D eigenvalue weighted by Gasteiger charge is -2.24. The minimum atomic E-state index is -0.0811. The molecule has 3 heterocycles. The number of aromatic amines is 1. The number of thiophene rings is 1. The Kier molecular flexibility index (Phi) is 4.05. The Labute approximate surface area is 150 Å². The summed E-state index contributed by atoms with van der Waals surface area (Å²) >= 11 is 1.67. The van der Waals surface area contributed by atoms with Crippen molar-refractivity contribution in [3.8, 4) is 17.0 Å². The van der Waals surface area contributed by atoms with Gasteiger partial charge in [-0.2, -0.15) is 5.10 Å². The van der Waals surface area contributed by atoms with Gasteiger partial charge >= 0.3 is 0 Å². The van der Waals surface area contributed by atoms with Crippen molar-refractivity contribution < 1.29 is 9.53 Å². The smallest absolute Gasteiger partial charge is 0.273 e. The van der Waals surface area contributed by atoms with E-state index in [1.54, 1.807) is 18.4 Å². The number of amides is 1. The summed E-state index contributed by atoms with van der Waals surface area (Å²) < 4.78 is 5.34. The number of rotatable bonds is 5. The van der Waals surface area contributed by atoms with E-state index in [4.69, 9.17) is 4.74 Å². The zero-order chi connectivity index (χ0) is 17.4. The molecule has 4 rings (SSSR count). The predicted molar refractivity (Wildman–Crippen MR) is 98.1 cm³/mol. The van der Waals surface area contributed by atoms with Crippen molar-refractivity contribution in [1.82, 2.24) is 15.1 Å². The highest BCUT2D eigenvalue weighted by Gasteiger charge is 2.42. The van der Waals surface area contributed by atoms with E-state index in [2.05, 4.69) is 23.2 Å². The van der Waals surface area contributed by atoms with Gasteiger partial charge < -0.3 is 9.64 Å². The molecule has 1 N–H and O–H groups in total. The van der Waals surface area contributed by atoms with Gasteiger partial charge in [0.2, 0.25) is 0 Å². The summed E-state index contributed by atoms with van der Waals surface area (Å²) in [7, 11) is 1.65. The Morgan fingerprint density at radius 2 is 2.20 bits per heavy atom. The van der Waals surface area contributed by atoms with Crippen molar-refractivity contribution in [2.24, 2.45) is 0 Å². The molecule has 0 saturated heterocycles. The summed E-state index contributed by atoms with van der Waals surface area (Å²) in [5, 5.41) is 9.49. The fraction of sp³-hybridized carbons (Fsp3) is 0.263. The molecule has 0 saturated carbocycles. The number of methoxy groups -OCH3 is 1. The average Bonchev–Trinajstić information content (AvgIpc) is 3.35. The van der Waals surface area contributed by atoms with Gasteiger partial charge in [0, 0.05) is 22.5 Å². The lowest BCUT2D eigenvalue weighted by atomic mass is 10.0. The highest BCUT2D eigenvalue weighted by molar-refractivity contribution is 7.10. The number of carbonyl (C=O) groups excluding carboxylic acids is 1. The molecule has 1 aromatic carbocycles. The second-order valence-corrected chi connectivity index (χ2v) is 6.99. The van der Waals surface area contributed by atoms with Gasteiger partial charge in [-0.15, -0.1) is 11.3 Å². The molecule has 3 aromatic rings. The molecule has 5 nitrogen and oxygen atoms in total. The van der Waals surface area contributed by atoms with E-state index in [1.165, 1.54) is 0 Å². The lowest BCUT2D eigenvalue weighted by Crippen LogP contribution is -2.29. The normalized spacial score (nSPS) is 16.3. The molecule has 1 aliphatic rings. The van der Waals surface area contributed by atoms with Crippen LogP contribution < -0.4 is 4.74 Å². The van der Waals surface area contributed by atoms with Gasteiger partial charge in [-0.3, -0.25) is 9.89 Å². The highest BCUT2D eigenvalue weighted by atomic mass is 32.1. The zero-order valence-electron chi connectivity index (χ0n) is 14.2. The van der Waals surface area contributed by atoms with Crippen molar-refractivity contribution in [3.05, 3.63) is 57.9 Å². The van der Waals surface area contributed by atoms with Crippen LogP contribution in [0.4, 0.5) is 0 Å². The van der Waals surface area contributed by atoms with E-state index >= 15 is 0 Å². The molecule has 0 unspecified atom stereocenters. The topological polar surface area (TPSA) is 58.2 Å². The lowest BCUT2D eigenvalue weighted by molar-refractivity contribution is 0.0746. The number of aromatic nitrogens is 2. The van der Waals surface area contributed by atoms with E-state index in [0.717, 1.165) is 40.4 Å². The Bertz CT molecular complexity index is 901. The third kappa shape index (κ3) is 2.53. The zero-order valence-corrected chi connectivity index (χ0v) is 15.0. The van der Waals surface area contributed by atoms with Gasteiger partial charge in [0.1, 0.15) is 11.4 Å². The molecule has 0 radical (unpaired) electrons. The van der Waals surface area contributed by atoms with E-state index < -0.39 is 0 Å². The van der Waals surface area contributed by atoms with E-state index in [1.807, 2.05) is 40.6 Å². The summed E-state index contributed by atoms with van der Waals surface area (Å²) in [4.78, 5) is 16.0. The quantitative estimate of drug-likeness (QED) is 0.751. The molecule has 0 fully saturated rings. The molecular weight excluding hydrogens is 334 g/mol. The molecule has 0 bridgehead atoms. The van der Waals surface area contributed by atoms with Gasteiger partial charge in [-0.1, -0.05) is 25.1 Å². The molecule has 6 heteroatoms. The van der Waals surface area contributed by atoms with E-state index in [9.17, 15) is 4.79 Å². The van der Waals surface area contributed by atoms with Crippen LogP contribution in [0.2, 0.25) is 0 Å². The summed E-state index contributed by atoms with van der Waals surface area (Å²) in [6.07, 6.45) is 0.916. The molecule has 0 aliphatic carbocycles. The van der Waals surface area contributed by atoms with Gasteiger partial charge in [0.15, 0.2) is 0 Å². The SMILES string of the molecule is CCCN1C(=O)c2[nH]nc(-c3cccc(OC)c3)c2[C@H]1c1cccs1. The summed E-state index contributed by atoms with van der Waals surface area (Å²) in [5.74, 6) is 0.800. The van der Waals surface area contributed by atoms with Crippen LogP contribution in [-0.2, 0) is 0 Å². The van der Waals surface area contributed by atoms with Crippen LogP contribution >= 0.6 is 11.3 Å². The first-order chi connectivity index (χ1) is 12.2. The average molecular weight is 353 g/mol. The number of H-pyrrole nitrogens is 1. The van der Waals surface area contributed by atoms with Crippen LogP contribution in [0.1, 0.15) is 40.3 Å². The molecule has 0 spiro atoms. The van der Waals surface area contributed by atoms with Crippen molar-refractivity contribution >= 4 is 17.2 Å². The maximum atomic E-state index is 12.9. The van der Waals surface area contributed by atoms with Crippen LogP contribution in [0.25, 0.3) is 11.3 Å². The molecule has 2 aromatic heterocycles. The molecule has 25 heavy (non-hydrogen) atoms. The summed E-state index contributed by atoms with van der Waals surface area (Å²) in [6, 6.07) is 11.8. The number of hydrogen-bond donors (Lipinski definition) is 1. The predicted octanol–water partition coefficient (Wildman–Crippen LogP) is 4.10. The van der Waals surface area contributed by atoms with E-state index in [-0.39, 0.29) is 11.9 Å². The van der Waals surface area contributed by atoms with Crippen LogP contribution in [0.15, 0.2) is 41.8 Å². The van der Waals surface area contributed by atoms with Crippen molar-refractivity contribution in [2.45, 2.75) is 19.4 Å². The summed E-state index contributed by atoms with van der Waals surface area (Å²) in [5.41, 5.74) is 3.34. The van der Waals surface area contributed by atoms with Crippen LogP contribution in [-0.4, -0.2) is 34.7 Å². The molecule has 1 amide bonds. The monoisotopic (exact) mass is 353 g/mol. The van der Waals surface area contributed by atoms with Crippen LogP contribution in [0, 0.1) is 0 Å². The minimum absolute atomic E-state index is 0.0249. The maximum absolute atomic E-state index is 12.9. The number of benzene rings is 1. The first-order valence-corrected chi connectivity index (χ1v) is 9.19. The Balaban J connectivity index is 1.87. The third-order valence-corrected chi connectivity index (χ3v) is 5.41. The second kappa shape index (κ2) is 6.37. The molecular formula is C19H19N3O2S. The van der Waals surface area contributed by atoms with E-state index in [0.29, 0.717) is 5.69 Å². The largest absolute Gasteiger partial charge is 0.497 e. The van der Waals surface area contributed by atoms with Gasteiger partial charge in [0.05, 0.1) is 18.8 Å². The van der Waals surface area contributed by atoms with Gasteiger partial charge in [-0.25, -0.2) is 0 Å². The molecule has 1 atom stereocenters. The number of ether oxygens (including phenoxy) is 1. The number of carbonyl (C=O) groups is 1. The van der Waals surface area contributed by atoms with Crippen molar-refractivity contribution in [2.75, 3.05) is 13.7 Å².